The van der Waals surface area contributed by atoms with Gasteiger partial charge in [0.25, 0.3) is 0 Å². The lowest BCUT2D eigenvalue weighted by Gasteiger charge is -2.40. The molecule has 0 saturated heterocycles. The summed E-state index contributed by atoms with van der Waals surface area (Å²) in [5.74, 6) is 1.13. The number of hydrogen-bond donors (Lipinski definition) is 1. The van der Waals surface area contributed by atoms with Crippen LogP contribution >= 0.6 is 0 Å². The highest BCUT2D eigenvalue weighted by Gasteiger charge is 2.35. The Morgan fingerprint density at radius 2 is 2.11 bits per heavy atom. The number of hydrogen-bond acceptors (Lipinski definition) is 3. The van der Waals surface area contributed by atoms with Crippen molar-refractivity contribution in [3.8, 4) is 0 Å². The summed E-state index contributed by atoms with van der Waals surface area (Å²) in [7, 11) is 2.09. The van der Waals surface area contributed by atoms with E-state index in [0.29, 0.717) is 11.5 Å². The summed E-state index contributed by atoms with van der Waals surface area (Å²) in [5, 5.41) is 7.88. The van der Waals surface area contributed by atoms with E-state index < -0.39 is 0 Å². The molecule has 4 nitrogen and oxygen atoms in total. The van der Waals surface area contributed by atoms with Crippen LogP contribution in [0.1, 0.15) is 58.2 Å². The lowest BCUT2D eigenvalue weighted by Crippen LogP contribution is -2.45. The number of nitrogens with one attached hydrogen (secondary N) is 1. The number of rotatable bonds is 6. The molecular formula is C15H28N4. The predicted molar refractivity (Wildman–Crippen MR) is 78.1 cm³/mol. The summed E-state index contributed by atoms with van der Waals surface area (Å²) in [6, 6.07) is 0.507. The summed E-state index contributed by atoms with van der Waals surface area (Å²) in [5.41, 5.74) is 0.413. The zero-order valence-electron chi connectivity index (χ0n) is 12.7. The van der Waals surface area contributed by atoms with Gasteiger partial charge in [-0.2, -0.15) is 5.10 Å². The summed E-state index contributed by atoms with van der Waals surface area (Å²) in [6.45, 7) is 5.60. The topological polar surface area (TPSA) is 42.7 Å². The minimum absolute atomic E-state index is 0.413. The zero-order chi connectivity index (χ0) is 13.7. The molecule has 0 radical (unpaired) electrons. The summed E-state index contributed by atoms with van der Waals surface area (Å²) >= 11 is 0. The Balaban J connectivity index is 2.07. The van der Waals surface area contributed by atoms with Crippen molar-refractivity contribution in [2.45, 2.75) is 71.4 Å². The molecule has 4 heteroatoms. The van der Waals surface area contributed by atoms with Crippen LogP contribution in [0.5, 0.6) is 0 Å². The molecular weight excluding hydrogens is 236 g/mol. The molecule has 1 heterocycles. The third kappa shape index (κ3) is 3.35. The molecule has 1 aliphatic rings. The van der Waals surface area contributed by atoms with Crippen LogP contribution in [0.25, 0.3) is 0 Å². The molecule has 0 amide bonds. The van der Waals surface area contributed by atoms with Gasteiger partial charge >= 0.3 is 0 Å². The maximum Gasteiger partial charge on any atom is 0.138 e. The molecule has 1 aliphatic carbocycles. The fraction of sp³-hybridized carbons (Fsp3) is 0.867. The Labute approximate surface area is 117 Å². The molecule has 19 heavy (non-hydrogen) atoms. The van der Waals surface area contributed by atoms with Crippen molar-refractivity contribution >= 4 is 0 Å². The Morgan fingerprint density at radius 3 is 2.74 bits per heavy atom. The molecule has 0 spiro atoms. The monoisotopic (exact) mass is 264 g/mol. The number of aryl methyl sites for hydroxylation is 1. The molecule has 1 N–H and O–H groups in total. The normalized spacial score (nSPS) is 20.4. The number of nitrogens with zero attached hydrogens (tertiary/aromatic N) is 3. The molecule has 1 atom stereocenters. The van der Waals surface area contributed by atoms with E-state index in [-0.39, 0.29) is 0 Å². The molecule has 0 aliphatic heterocycles. The van der Waals surface area contributed by atoms with Crippen molar-refractivity contribution in [1.29, 1.82) is 0 Å². The van der Waals surface area contributed by atoms with Gasteiger partial charge in [0.15, 0.2) is 0 Å². The second-order valence-corrected chi connectivity index (χ2v) is 6.16. The van der Waals surface area contributed by atoms with Gasteiger partial charge in [-0.3, -0.25) is 4.68 Å². The summed E-state index contributed by atoms with van der Waals surface area (Å²) in [6.07, 6.45) is 10.6. The minimum atomic E-state index is 0.413. The molecule has 108 valence electrons. The number of aromatic nitrogens is 3. The lowest BCUT2D eigenvalue weighted by molar-refractivity contribution is 0.147. The molecule has 1 fully saturated rings. The van der Waals surface area contributed by atoms with E-state index in [1.807, 2.05) is 0 Å². The third-order valence-electron chi connectivity index (χ3n) is 4.70. The molecule has 0 aromatic carbocycles. The van der Waals surface area contributed by atoms with Crippen LogP contribution in [0.3, 0.4) is 0 Å². The third-order valence-corrected chi connectivity index (χ3v) is 4.70. The van der Waals surface area contributed by atoms with Gasteiger partial charge in [0.05, 0.1) is 0 Å². The van der Waals surface area contributed by atoms with Crippen LogP contribution in [0.4, 0.5) is 0 Å². The van der Waals surface area contributed by atoms with Crippen LogP contribution < -0.4 is 5.32 Å². The van der Waals surface area contributed by atoms with Gasteiger partial charge < -0.3 is 5.32 Å². The molecule has 2 rings (SSSR count). The first kappa shape index (κ1) is 14.5. The molecule has 0 bridgehead atoms. The van der Waals surface area contributed by atoms with Crippen molar-refractivity contribution in [1.82, 2.24) is 20.1 Å². The molecule has 1 aromatic heterocycles. The Hall–Kier alpha value is -0.900. The van der Waals surface area contributed by atoms with E-state index in [0.717, 1.165) is 25.2 Å². The lowest BCUT2D eigenvalue weighted by atomic mass is 9.69. The van der Waals surface area contributed by atoms with Crippen LogP contribution in [0.2, 0.25) is 0 Å². The highest BCUT2D eigenvalue weighted by molar-refractivity contribution is 4.97. The first-order valence-electron chi connectivity index (χ1n) is 7.73. The fourth-order valence-corrected chi connectivity index (χ4v) is 3.43. The highest BCUT2D eigenvalue weighted by atomic mass is 15.3. The van der Waals surface area contributed by atoms with E-state index >= 15 is 0 Å². The van der Waals surface area contributed by atoms with Crippen molar-refractivity contribution in [3.05, 3.63) is 12.2 Å². The van der Waals surface area contributed by atoms with Gasteiger partial charge in [0.1, 0.15) is 12.2 Å². The first-order valence-corrected chi connectivity index (χ1v) is 7.73. The van der Waals surface area contributed by atoms with Gasteiger partial charge in [-0.25, -0.2) is 4.98 Å². The fourth-order valence-electron chi connectivity index (χ4n) is 3.43. The maximum atomic E-state index is 4.46. The average Bonchev–Trinajstić information content (AvgIpc) is 2.84. The van der Waals surface area contributed by atoms with Crippen molar-refractivity contribution in [2.75, 3.05) is 7.05 Å². The first-order chi connectivity index (χ1) is 9.19. The van der Waals surface area contributed by atoms with Crippen molar-refractivity contribution in [2.24, 2.45) is 5.41 Å². The smallest absolute Gasteiger partial charge is 0.138 e. The van der Waals surface area contributed by atoms with Gasteiger partial charge in [0, 0.05) is 19.0 Å². The number of likely N-dealkylation sites (N-methyl/N-ethyl adjacent to an activating group) is 1. The Bertz CT molecular complexity index is 379. The van der Waals surface area contributed by atoms with Gasteiger partial charge in [-0.05, 0) is 31.7 Å². The standard InChI is InChI=1S/C15H28N4/c1-4-10-19-14(17-12-18-19)11-13(16-3)15(2)8-6-5-7-9-15/h12-13,16H,4-11H2,1-3H3. The van der Waals surface area contributed by atoms with Crippen LogP contribution in [-0.2, 0) is 13.0 Å². The summed E-state index contributed by atoms with van der Waals surface area (Å²) in [4.78, 5) is 4.46. The zero-order valence-corrected chi connectivity index (χ0v) is 12.7. The minimum Gasteiger partial charge on any atom is -0.316 e. The van der Waals surface area contributed by atoms with E-state index in [4.69, 9.17) is 0 Å². The highest BCUT2D eigenvalue weighted by Crippen LogP contribution is 2.39. The Kier molecular flexibility index (Phi) is 4.97. The van der Waals surface area contributed by atoms with E-state index in [2.05, 4.69) is 41.0 Å². The van der Waals surface area contributed by atoms with Crippen LogP contribution in [0.15, 0.2) is 6.33 Å². The Morgan fingerprint density at radius 1 is 1.37 bits per heavy atom. The van der Waals surface area contributed by atoms with E-state index in [9.17, 15) is 0 Å². The largest absolute Gasteiger partial charge is 0.316 e. The molecule has 1 saturated carbocycles. The van der Waals surface area contributed by atoms with Crippen molar-refractivity contribution in [3.63, 3.8) is 0 Å². The van der Waals surface area contributed by atoms with Gasteiger partial charge in [0.2, 0.25) is 0 Å². The quantitative estimate of drug-likeness (QED) is 0.859. The average molecular weight is 264 g/mol. The molecule has 1 aromatic rings. The summed E-state index contributed by atoms with van der Waals surface area (Å²) < 4.78 is 2.07. The van der Waals surface area contributed by atoms with E-state index in [1.54, 1.807) is 6.33 Å². The van der Waals surface area contributed by atoms with Crippen LogP contribution in [-0.4, -0.2) is 27.9 Å². The predicted octanol–water partition coefficient (Wildman–Crippen LogP) is 2.79. The van der Waals surface area contributed by atoms with Gasteiger partial charge in [-0.1, -0.05) is 33.1 Å². The maximum absolute atomic E-state index is 4.46. The SMILES string of the molecule is CCCn1ncnc1CC(NC)C1(C)CCCCC1. The second kappa shape index (κ2) is 6.51. The molecule has 1 unspecified atom stereocenters. The van der Waals surface area contributed by atoms with E-state index in [1.165, 1.54) is 32.1 Å². The van der Waals surface area contributed by atoms with Gasteiger partial charge in [-0.15, -0.1) is 0 Å². The van der Waals surface area contributed by atoms with Crippen molar-refractivity contribution < 1.29 is 0 Å². The second-order valence-electron chi connectivity index (χ2n) is 6.16. The van der Waals surface area contributed by atoms with Crippen LogP contribution in [0, 0.1) is 5.41 Å².